The molecule has 0 bridgehead atoms. The van der Waals surface area contributed by atoms with Crippen molar-refractivity contribution in [3.8, 4) is 5.75 Å². The van der Waals surface area contributed by atoms with Crippen molar-refractivity contribution in [2.45, 2.75) is 52.1 Å². The molecule has 1 aliphatic rings. The molecular formula is C17H28N2O. The summed E-state index contributed by atoms with van der Waals surface area (Å²) in [6, 6.07) is 7.66. The summed E-state index contributed by atoms with van der Waals surface area (Å²) >= 11 is 0. The number of rotatable bonds is 5. The molecule has 2 rings (SSSR count). The van der Waals surface area contributed by atoms with Crippen LogP contribution in [0.1, 0.15) is 38.7 Å². The molecule has 0 radical (unpaired) electrons. The molecule has 1 fully saturated rings. The van der Waals surface area contributed by atoms with Gasteiger partial charge in [0, 0.05) is 24.3 Å². The summed E-state index contributed by atoms with van der Waals surface area (Å²) in [5.74, 6) is 0.943. The molecule has 3 heteroatoms. The maximum absolute atomic E-state index is 5.30. The van der Waals surface area contributed by atoms with Gasteiger partial charge in [-0.1, -0.05) is 6.92 Å². The minimum atomic E-state index is 0.588. The minimum absolute atomic E-state index is 0.588. The first-order valence-corrected chi connectivity index (χ1v) is 7.80. The third-order valence-electron chi connectivity index (χ3n) is 4.27. The van der Waals surface area contributed by atoms with Crippen molar-refractivity contribution in [1.29, 1.82) is 0 Å². The van der Waals surface area contributed by atoms with Crippen LogP contribution in [0.25, 0.3) is 0 Å². The van der Waals surface area contributed by atoms with Crippen molar-refractivity contribution in [1.82, 2.24) is 5.32 Å². The molecule has 3 nitrogen and oxygen atoms in total. The Morgan fingerprint density at radius 2 is 2.20 bits per heavy atom. The van der Waals surface area contributed by atoms with Crippen LogP contribution in [-0.4, -0.2) is 32.3 Å². The first kappa shape index (κ1) is 15.2. The molecule has 112 valence electrons. The van der Waals surface area contributed by atoms with Crippen LogP contribution in [0.5, 0.6) is 5.75 Å². The number of nitrogens with zero attached hydrogens (tertiary/aromatic N) is 1. The maximum atomic E-state index is 5.30. The van der Waals surface area contributed by atoms with E-state index in [4.69, 9.17) is 4.74 Å². The SMILES string of the molecule is CCCNC1CCN(c2ccc(OC)cc2C)C(C)C1. The highest BCUT2D eigenvalue weighted by atomic mass is 16.5. The van der Waals surface area contributed by atoms with Crippen LogP contribution >= 0.6 is 0 Å². The number of anilines is 1. The zero-order valence-corrected chi connectivity index (χ0v) is 13.3. The van der Waals surface area contributed by atoms with Gasteiger partial charge in [0.05, 0.1) is 7.11 Å². The number of aryl methyl sites for hydroxylation is 1. The molecule has 0 saturated carbocycles. The van der Waals surface area contributed by atoms with Gasteiger partial charge < -0.3 is 15.0 Å². The third kappa shape index (κ3) is 3.45. The van der Waals surface area contributed by atoms with Gasteiger partial charge in [-0.2, -0.15) is 0 Å². The average Bonchev–Trinajstić information content (AvgIpc) is 2.45. The lowest BCUT2D eigenvalue weighted by atomic mass is 9.96. The third-order valence-corrected chi connectivity index (χ3v) is 4.27. The van der Waals surface area contributed by atoms with Gasteiger partial charge in [0.25, 0.3) is 0 Å². The van der Waals surface area contributed by atoms with E-state index in [1.807, 2.05) is 0 Å². The molecule has 1 saturated heterocycles. The Bertz CT molecular complexity index is 433. The highest BCUT2D eigenvalue weighted by Crippen LogP contribution is 2.30. The van der Waals surface area contributed by atoms with E-state index in [1.165, 1.54) is 30.5 Å². The Morgan fingerprint density at radius 1 is 1.40 bits per heavy atom. The van der Waals surface area contributed by atoms with Gasteiger partial charge in [0.15, 0.2) is 0 Å². The van der Waals surface area contributed by atoms with E-state index >= 15 is 0 Å². The summed E-state index contributed by atoms with van der Waals surface area (Å²) in [5, 5.41) is 3.66. The summed E-state index contributed by atoms with van der Waals surface area (Å²) in [7, 11) is 1.72. The van der Waals surface area contributed by atoms with E-state index in [1.54, 1.807) is 7.11 Å². The fraction of sp³-hybridized carbons (Fsp3) is 0.647. The molecule has 2 atom stereocenters. The topological polar surface area (TPSA) is 24.5 Å². The van der Waals surface area contributed by atoms with Crippen LogP contribution < -0.4 is 15.0 Å². The summed E-state index contributed by atoms with van der Waals surface area (Å²) in [5.41, 5.74) is 2.66. The van der Waals surface area contributed by atoms with E-state index < -0.39 is 0 Å². The fourth-order valence-electron chi connectivity index (χ4n) is 3.14. The number of hydrogen-bond donors (Lipinski definition) is 1. The second kappa shape index (κ2) is 6.98. The van der Waals surface area contributed by atoms with Crippen molar-refractivity contribution >= 4 is 5.69 Å². The minimum Gasteiger partial charge on any atom is -0.497 e. The number of hydrogen-bond acceptors (Lipinski definition) is 3. The lowest BCUT2D eigenvalue weighted by Gasteiger charge is -2.40. The van der Waals surface area contributed by atoms with E-state index in [0.717, 1.165) is 18.8 Å². The standard InChI is InChI=1S/C17H28N2O/c1-5-9-18-15-8-10-19(14(3)12-15)17-7-6-16(20-4)11-13(17)2/h6-7,11,14-15,18H,5,8-10,12H2,1-4H3. The Labute approximate surface area is 123 Å². The first-order valence-electron chi connectivity index (χ1n) is 7.80. The number of piperidine rings is 1. The van der Waals surface area contributed by atoms with Gasteiger partial charge in [0.1, 0.15) is 5.75 Å². The normalized spacial score (nSPS) is 22.9. The highest BCUT2D eigenvalue weighted by Gasteiger charge is 2.25. The molecule has 20 heavy (non-hydrogen) atoms. The second-order valence-corrected chi connectivity index (χ2v) is 5.87. The Morgan fingerprint density at radius 3 is 2.80 bits per heavy atom. The molecule has 1 aliphatic heterocycles. The van der Waals surface area contributed by atoms with Crippen LogP contribution in [0.15, 0.2) is 18.2 Å². The highest BCUT2D eigenvalue weighted by molar-refractivity contribution is 5.56. The Balaban J connectivity index is 2.03. The molecule has 0 amide bonds. The second-order valence-electron chi connectivity index (χ2n) is 5.87. The largest absolute Gasteiger partial charge is 0.497 e. The predicted octanol–water partition coefficient (Wildman–Crippen LogP) is 3.36. The van der Waals surface area contributed by atoms with Gasteiger partial charge in [-0.05, 0) is 63.4 Å². The smallest absolute Gasteiger partial charge is 0.119 e. The lowest BCUT2D eigenvalue weighted by molar-refractivity contribution is 0.368. The molecule has 0 aliphatic carbocycles. The average molecular weight is 276 g/mol. The van der Waals surface area contributed by atoms with Crippen molar-refractivity contribution in [2.24, 2.45) is 0 Å². The Hall–Kier alpha value is -1.22. The summed E-state index contributed by atoms with van der Waals surface area (Å²) in [4.78, 5) is 2.54. The zero-order chi connectivity index (χ0) is 14.5. The first-order chi connectivity index (χ1) is 9.65. The zero-order valence-electron chi connectivity index (χ0n) is 13.3. The fourth-order valence-corrected chi connectivity index (χ4v) is 3.14. The van der Waals surface area contributed by atoms with Gasteiger partial charge in [-0.15, -0.1) is 0 Å². The number of nitrogens with one attached hydrogen (secondary N) is 1. The molecule has 1 aromatic rings. The summed E-state index contributed by atoms with van der Waals surface area (Å²) in [6.07, 6.45) is 3.67. The van der Waals surface area contributed by atoms with E-state index in [0.29, 0.717) is 12.1 Å². The molecule has 1 heterocycles. The number of ether oxygens (including phenoxy) is 1. The van der Waals surface area contributed by atoms with Crippen LogP contribution in [0.2, 0.25) is 0 Å². The van der Waals surface area contributed by atoms with E-state index in [2.05, 4.69) is 49.2 Å². The van der Waals surface area contributed by atoms with Crippen molar-refractivity contribution < 1.29 is 4.74 Å². The van der Waals surface area contributed by atoms with Crippen molar-refractivity contribution in [3.63, 3.8) is 0 Å². The van der Waals surface area contributed by atoms with Crippen LogP contribution in [0, 0.1) is 6.92 Å². The monoisotopic (exact) mass is 276 g/mol. The van der Waals surface area contributed by atoms with Crippen LogP contribution in [0.3, 0.4) is 0 Å². The maximum Gasteiger partial charge on any atom is 0.119 e. The molecule has 0 aromatic heterocycles. The van der Waals surface area contributed by atoms with Crippen LogP contribution in [-0.2, 0) is 0 Å². The van der Waals surface area contributed by atoms with Crippen molar-refractivity contribution in [2.75, 3.05) is 25.1 Å². The van der Waals surface area contributed by atoms with E-state index in [9.17, 15) is 0 Å². The number of methoxy groups -OCH3 is 1. The summed E-state index contributed by atoms with van der Waals surface area (Å²) in [6.45, 7) is 9.01. The quantitative estimate of drug-likeness (QED) is 0.892. The van der Waals surface area contributed by atoms with Gasteiger partial charge >= 0.3 is 0 Å². The Kier molecular flexibility index (Phi) is 5.30. The predicted molar refractivity (Wildman–Crippen MR) is 85.9 cm³/mol. The van der Waals surface area contributed by atoms with Crippen molar-refractivity contribution in [3.05, 3.63) is 23.8 Å². The van der Waals surface area contributed by atoms with Gasteiger partial charge in [-0.3, -0.25) is 0 Å². The van der Waals surface area contributed by atoms with Gasteiger partial charge in [0.2, 0.25) is 0 Å². The lowest BCUT2D eigenvalue weighted by Crippen LogP contribution is -2.47. The molecule has 2 unspecified atom stereocenters. The number of benzene rings is 1. The molecular weight excluding hydrogens is 248 g/mol. The molecule has 1 aromatic carbocycles. The summed E-state index contributed by atoms with van der Waals surface area (Å²) < 4.78 is 5.30. The molecule has 0 spiro atoms. The van der Waals surface area contributed by atoms with Gasteiger partial charge in [-0.25, -0.2) is 0 Å². The van der Waals surface area contributed by atoms with Crippen LogP contribution in [0.4, 0.5) is 5.69 Å². The van der Waals surface area contributed by atoms with E-state index in [-0.39, 0.29) is 0 Å². The molecule has 1 N–H and O–H groups in total.